The number of thiazole rings is 1. The number of hydrogen-bond acceptors (Lipinski definition) is 10. The first-order valence-corrected chi connectivity index (χ1v) is 19.4. The molecule has 0 spiro atoms. The number of aromatic nitrogens is 2. The van der Waals surface area contributed by atoms with Gasteiger partial charge in [-0.2, -0.15) is 0 Å². The first-order valence-electron chi connectivity index (χ1n) is 17.0. The molecule has 3 amide bonds. The number of pyridine rings is 1. The van der Waals surface area contributed by atoms with E-state index in [9.17, 15) is 22.8 Å². The van der Waals surface area contributed by atoms with Crippen LogP contribution < -0.4 is 19.5 Å². The number of rotatable bonds is 7. The lowest BCUT2D eigenvalue weighted by Gasteiger charge is -2.26. The Morgan fingerprint density at radius 1 is 1.14 bits per heavy atom. The monoisotopic (exact) mass is 707 g/mol. The number of nitrogens with zero attached hydrogens (tertiary/aromatic N) is 3. The molecular formula is C35H41N5O7S2. The van der Waals surface area contributed by atoms with Crippen LogP contribution in [0.5, 0.6) is 11.5 Å². The standard InChI is InChI=1S/C35H41N5O7S2/c1-21-28(46-2)14-13-25-29(18-26(37-31(21)25)33-36-15-16-48-33)47-23-17-27-32(42)38-35(34(43)39-49(44,45)24-11-12-24)19-22(35)9-7-5-3-4-6-8-10-30(41)40(27)20-23/h7,9,13-16,18,22-24,27H,3-6,8,10-12,17,19-20H2,1-2H3,(H,38,42)(H,39,43)/b9-7-. The van der Waals surface area contributed by atoms with Crippen LogP contribution in [0.15, 0.2) is 41.9 Å². The zero-order valence-corrected chi connectivity index (χ0v) is 29.3. The Morgan fingerprint density at radius 2 is 1.96 bits per heavy atom. The molecule has 1 aromatic carbocycles. The molecule has 3 fully saturated rings. The summed E-state index contributed by atoms with van der Waals surface area (Å²) >= 11 is 1.46. The molecule has 12 nitrogen and oxygen atoms in total. The van der Waals surface area contributed by atoms with Gasteiger partial charge in [-0.05, 0) is 57.6 Å². The van der Waals surface area contributed by atoms with Gasteiger partial charge < -0.3 is 19.7 Å². The van der Waals surface area contributed by atoms with Crippen molar-refractivity contribution in [2.24, 2.45) is 5.92 Å². The van der Waals surface area contributed by atoms with Gasteiger partial charge in [0.1, 0.15) is 39.9 Å². The minimum atomic E-state index is -3.82. The molecule has 2 aliphatic carbocycles. The molecule has 14 heteroatoms. The Morgan fingerprint density at radius 3 is 2.71 bits per heavy atom. The summed E-state index contributed by atoms with van der Waals surface area (Å²) in [5, 5.41) is 5.71. The van der Waals surface area contributed by atoms with Crippen LogP contribution in [0.25, 0.3) is 21.6 Å². The number of sulfonamides is 1. The number of aryl methyl sites for hydroxylation is 1. The molecule has 49 heavy (non-hydrogen) atoms. The average Bonchev–Trinajstić information content (AvgIpc) is 3.94. The van der Waals surface area contributed by atoms with Crippen LogP contribution in [-0.4, -0.2) is 77.6 Å². The summed E-state index contributed by atoms with van der Waals surface area (Å²) in [5.74, 6) is -0.471. The van der Waals surface area contributed by atoms with Gasteiger partial charge in [0.15, 0.2) is 0 Å². The molecule has 2 aliphatic heterocycles. The van der Waals surface area contributed by atoms with Gasteiger partial charge in [-0.25, -0.2) is 18.4 Å². The number of nitrogens with one attached hydrogen (secondary N) is 2. The van der Waals surface area contributed by atoms with Crippen LogP contribution in [0.1, 0.15) is 69.8 Å². The van der Waals surface area contributed by atoms with Gasteiger partial charge in [0.2, 0.25) is 21.8 Å². The number of methoxy groups -OCH3 is 1. The van der Waals surface area contributed by atoms with Crippen molar-refractivity contribution in [2.45, 2.75) is 94.1 Å². The highest BCUT2D eigenvalue weighted by atomic mass is 32.2. The molecular weight excluding hydrogens is 667 g/mol. The molecule has 4 atom stereocenters. The third-order valence-electron chi connectivity index (χ3n) is 10.0. The maximum atomic E-state index is 14.1. The van der Waals surface area contributed by atoms with E-state index >= 15 is 0 Å². The third kappa shape index (κ3) is 6.77. The highest BCUT2D eigenvalue weighted by Crippen LogP contribution is 2.46. The molecule has 3 aromatic rings. The first kappa shape index (κ1) is 33.5. The van der Waals surface area contributed by atoms with Crippen molar-refractivity contribution in [2.75, 3.05) is 13.7 Å². The minimum absolute atomic E-state index is 0.148. The largest absolute Gasteiger partial charge is 0.496 e. The molecule has 4 heterocycles. The second kappa shape index (κ2) is 13.3. The quantitative estimate of drug-likeness (QED) is 0.340. The molecule has 4 aliphatic rings. The molecule has 0 radical (unpaired) electrons. The Kier molecular flexibility index (Phi) is 9.11. The topological polar surface area (TPSA) is 157 Å². The fraction of sp³-hybridized carbons (Fsp3) is 0.514. The summed E-state index contributed by atoms with van der Waals surface area (Å²) in [7, 11) is -2.21. The van der Waals surface area contributed by atoms with Gasteiger partial charge in [0.05, 0.1) is 24.4 Å². The maximum absolute atomic E-state index is 14.1. The molecule has 2 aromatic heterocycles. The SMILES string of the molecule is COc1ccc2c(OC3CC4C(=O)NC5(C(=O)NS(=O)(=O)C6CC6)CC5/C=C\CCCCCCC(=O)N4C3)cc(-c3nccs3)nc2c1C. The zero-order valence-electron chi connectivity index (χ0n) is 27.6. The third-order valence-corrected chi connectivity index (χ3v) is 12.7. The number of carbonyl (C=O) groups is 3. The molecule has 2 saturated carbocycles. The lowest BCUT2D eigenvalue weighted by Crippen LogP contribution is -2.56. The second-order valence-corrected chi connectivity index (χ2v) is 16.4. The molecule has 4 unspecified atom stereocenters. The van der Waals surface area contributed by atoms with E-state index in [4.69, 9.17) is 14.5 Å². The summed E-state index contributed by atoms with van der Waals surface area (Å²) in [4.78, 5) is 52.3. The number of allylic oxidation sites excluding steroid dienone is 1. The zero-order chi connectivity index (χ0) is 34.3. The number of carbonyl (C=O) groups excluding carboxylic acids is 3. The fourth-order valence-electron chi connectivity index (χ4n) is 7.01. The van der Waals surface area contributed by atoms with E-state index in [2.05, 4.69) is 15.0 Å². The van der Waals surface area contributed by atoms with E-state index in [1.807, 2.05) is 42.7 Å². The van der Waals surface area contributed by atoms with Crippen LogP contribution in [0.4, 0.5) is 0 Å². The number of benzene rings is 1. The van der Waals surface area contributed by atoms with E-state index in [0.717, 1.165) is 41.6 Å². The van der Waals surface area contributed by atoms with Crippen molar-refractivity contribution in [3.63, 3.8) is 0 Å². The molecule has 2 N–H and O–H groups in total. The van der Waals surface area contributed by atoms with Crippen molar-refractivity contribution >= 4 is 50.0 Å². The lowest BCUT2D eigenvalue weighted by atomic mass is 10.1. The predicted molar refractivity (Wildman–Crippen MR) is 185 cm³/mol. The Labute approximate surface area is 289 Å². The summed E-state index contributed by atoms with van der Waals surface area (Å²) in [6.45, 7) is 2.11. The number of amides is 3. The lowest BCUT2D eigenvalue weighted by molar-refractivity contribution is -0.139. The van der Waals surface area contributed by atoms with E-state index in [0.29, 0.717) is 48.4 Å². The summed E-state index contributed by atoms with van der Waals surface area (Å²) in [5.41, 5.74) is 0.782. The van der Waals surface area contributed by atoms with Gasteiger partial charge in [0.25, 0.3) is 5.91 Å². The van der Waals surface area contributed by atoms with Crippen LogP contribution in [-0.2, 0) is 24.4 Å². The van der Waals surface area contributed by atoms with Gasteiger partial charge >= 0.3 is 0 Å². The summed E-state index contributed by atoms with van der Waals surface area (Å²) in [6, 6.07) is 4.69. The van der Waals surface area contributed by atoms with Gasteiger partial charge in [-0.15, -0.1) is 11.3 Å². The number of fused-ring (bicyclic) bond motifs is 3. The van der Waals surface area contributed by atoms with Gasteiger partial charge in [-0.1, -0.05) is 25.0 Å². The summed E-state index contributed by atoms with van der Waals surface area (Å²) < 4.78 is 39.9. The Bertz CT molecular complexity index is 1910. The van der Waals surface area contributed by atoms with E-state index in [-0.39, 0.29) is 31.2 Å². The van der Waals surface area contributed by atoms with Crippen LogP contribution >= 0.6 is 11.3 Å². The van der Waals surface area contributed by atoms with Crippen LogP contribution in [0, 0.1) is 12.8 Å². The second-order valence-electron chi connectivity index (χ2n) is 13.5. The van der Waals surface area contributed by atoms with Crippen LogP contribution in [0.2, 0.25) is 0 Å². The molecule has 7 rings (SSSR count). The van der Waals surface area contributed by atoms with Crippen molar-refractivity contribution < 1.29 is 32.3 Å². The molecule has 1 saturated heterocycles. The van der Waals surface area contributed by atoms with E-state index in [1.54, 1.807) is 18.2 Å². The Balaban J connectivity index is 1.19. The van der Waals surface area contributed by atoms with E-state index in [1.165, 1.54) is 11.3 Å². The smallest absolute Gasteiger partial charge is 0.259 e. The number of ether oxygens (including phenoxy) is 2. The molecule has 260 valence electrons. The first-order chi connectivity index (χ1) is 23.6. The normalized spacial score (nSPS) is 26.9. The number of hydrogen-bond donors (Lipinski definition) is 2. The Hall–Kier alpha value is -4.04. The average molecular weight is 708 g/mol. The van der Waals surface area contributed by atoms with Crippen molar-refractivity contribution in [1.29, 1.82) is 0 Å². The predicted octanol–water partition coefficient (Wildman–Crippen LogP) is 4.42. The van der Waals surface area contributed by atoms with E-state index < -0.39 is 44.8 Å². The fourth-order valence-corrected chi connectivity index (χ4v) is 8.97. The van der Waals surface area contributed by atoms with Crippen LogP contribution in [0.3, 0.4) is 0 Å². The highest BCUT2D eigenvalue weighted by Gasteiger charge is 2.62. The maximum Gasteiger partial charge on any atom is 0.259 e. The van der Waals surface area contributed by atoms with Crippen molar-refractivity contribution in [1.82, 2.24) is 24.9 Å². The highest BCUT2D eigenvalue weighted by molar-refractivity contribution is 7.91. The molecule has 0 bridgehead atoms. The minimum Gasteiger partial charge on any atom is -0.496 e. The summed E-state index contributed by atoms with van der Waals surface area (Å²) in [6.07, 6.45) is 11.2. The van der Waals surface area contributed by atoms with Crippen molar-refractivity contribution in [3.05, 3.63) is 47.5 Å². The van der Waals surface area contributed by atoms with Gasteiger partial charge in [0, 0.05) is 47.4 Å². The van der Waals surface area contributed by atoms with Crippen molar-refractivity contribution in [3.8, 4) is 22.2 Å². The van der Waals surface area contributed by atoms with Gasteiger partial charge in [-0.3, -0.25) is 19.1 Å².